The molecule has 1 aromatic carbocycles. The Morgan fingerprint density at radius 3 is 2.96 bits per heavy atom. The van der Waals surface area contributed by atoms with Crippen molar-refractivity contribution < 1.29 is 4.79 Å². The van der Waals surface area contributed by atoms with Crippen LogP contribution in [0.15, 0.2) is 28.3 Å². The lowest BCUT2D eigenvalue weighted by Gasteiger charge is -2.29. The summed E-state index contributed by atoms with van der Waals surface area (Å²) in [5.74, 6) is 0.382. The molecule has 0 aliphatic carbocycles. The molecule has 6 nitrogen and oxygen atoms in total. The number of hydrazone groups is 1. The van der Waals surface area contributed by atoms with E-state index in [-0.39, 0.29) is 5.91 Å². The molecule has 4 rings (SSSR count). The number of piperidine rings is 1. The van der Waals surface area contributed by atoms with Crippen LogP contribution >= 0.6 is 0 Å². The van der Waals surface area contributed by atoms with Crippen LogP contribution in [0.25, 0.3) is 0 Å². The summed E-state index contributed by atoms with van der Waals surface area (Å²) in [6.45, 7) is 7.64. The highest BCUT2D eigenvalue weighted by molar-refractivity contribution is 6.50. The van der Waals surface area contributed by atoms with Crippen molar-refractivity contribution in [2.45, 2.75) is 39.0 Å². The van der Waals surface area contributed by atoms with Gasteiger partial charge in [-0.2, -0.15) is 5.10 Å². The van der Waals surface area contributed by atoms with E-state index < -0.39 is 0 Å². The maximum atomic E-state index is 13.0. The number of aryl methyl sites for hydroxylation is 1. The second-order valence-corrected chi connectivity index (χ2v) is 8.08. The first-order valence-electron chi connectivity index (χ1n) is 10.7. The average molecular weight is 382 g/mol. The van der Waals surface area contributed by atoms with Gasteiger partial charge in [-0.15, -0.1) is 0 Å². The Labute approximate surface area is 167 Å². The van der Waals surface area contributed by atoms with Crippen LogP contribution < -0.4 is 10.7 Å². The van der Waals surface area contributed by atoms with Gasteiger partial charge in [0.05, 0.1) is 5.71 Å². The Kier molecular flexibility index (Phi) is 6.05. The number of likely N-dealkylation sites (tertiary alicyclic amines) is 1. The summed E-state index contributed by atoms with van der Waals surface area (Å²) >= 11 is 0. The molecule has 150 valence electrons. The van der Waals surface area contributed by atoms with Gasteiger partial charge in [0.2, 0.25) is 0 Å². The third kappa shape index (κ3) is 4.12. The van der Waals surface area contributed by atoms with Gasteiger partial charge in [-0.25, -0.2) is 0 Å². The zero-order valence-corrected chi connectivity index (χ0v) is 16.8. The minimum Gasteiger partial charge on any atom is -0.351 e. The molecule has 3 heterocycles. The molecule has 1 amide bonds. The highest BCUT2D eigenvalue weighted by Crippen LogP contribution is 2.24. The zero-order valence-electron chi connectivity index (χ0n) is 16.8. The first kappa shape index (κ1) is 19.1. The molecule has 1 aromatic rings. The highest BCUT2D eigenvalue weighted by Gasteiger charge is 2.30. The van der Waals surface area contributed by atoms with Crippen LogP contribution in [0.4, 0.5) is 0 Å². The smallest absolute Gasteiger partial charge is 0.252 e. The van der Waals surface area contributed by atoms with Gasteiger partial charge in [-0.1, -0.05) is 18.6 Å². The molecular weight excluding hydrogens is 350 g/mol. The fourth-order valence-corrected chi connectivity index (χ4v) is 4.52. The van der Waals surface area contributed by atoms with Gasteiger partial charge in [0.15, 0.2) is 0 Å². The monoisotopic (exact) mass is 381 g/mol. The van der Waals surface area contributed by atoms with Crippen LogP contribution in [-0.2, 0) is 0 Å². The van der Waals surface area contributed by atoms with Crippen molar-refractivity contribution >= 4 is 17.3 Å². The molecular formula is C22H31N5O. The summed E-state index contributed by atoms with van der Waals surface area (Å²) in [5.41, 5.74) is 7.80. The maximum absolute atomic E-state index is 13.0. The molecule has 0 radical (unpaired) electrons. The first-order chi connectivity index (χ1) is 13.7. The molecule has 1 unspecified atom stereocenters. The molecule has 2 N–H and O–H groups in total. The Hall–Kier alpha value is -2.21. The first-order valence-corrected chi connectivity index (χ1v) is 10.7. The molecule has 0 spiro atoms. The van der Waals surface area contributed by atoms with E-state index in [9.17, 15) is 4.79 Å². The summed E-state index contributed by atoms with van der Waals surface area (Å²) in [4.78, 5) is 20.2. The number of nitrogens with one attached hydrogen (secondary N) is 2. The van der Waals surface area contributed by atoms with Gasteiger partial charge in [-0.05, 0) is 57.3 Å². The van der Waals surface area contributed by atoms with Gasteiger partial charge in [0.25, 0.3) is 5.91 Å². The predicted molar refractivity (Wildman–Crippen MR) is 113 cm³/mol. The molecule has 3 aliphatic heterocycles. The molecule has 0 aromatic heterocycles. The highest BCUT2D eigenvalue weighted by atomic mass is 16.1. The van der Waals surface area contributed by atoms with Crippen LogP contribution in [-0.4, -0.2) is 61.5 Å². The molecule has 1 saturated heterocycles. The van der Waals surface area contributed by atoms with E-state index in [1.165, 1.54) is 19.3 Å². The quantitative estimate of drug-likeness (QED) is 0.823. The Morgan fingerprint density at radius 2 is 2.11 bits per heavy atom. The Bertz CT molecular complexity index is 779. The van der Waals surface area contributed by atoms with Gasteiger partial charge in [0.1, 0.15) is 5.71 Å². The van der Waals surface area contributed by atoms with E-state index in [1.54, 1.807) is 0 Å². The maximum Gasteiger partial charge on any atom is 0.252 e. The number of nitrogens with zero attached hydrogens (tertiary/aromatic N) is 3. The number of hydrogen-bond donors (Lipinski definition) is 2. The number of fused-ring (bicyclic) bond motifs is 1. The van der Waals surface area contributed by atoms with Gasteiger partial charge >= 0.3 is 0 Å². The van der Waals surface area contributed by atoms with Crippen molar-refractivity contribution in [1.82, 2.24) is 15.6 Å². The lowest BCUT2D eigenvalue weighted by molar-refractivity contribution is 0.0946. The van der Waals surface area contributed by atoms with E-state index in [1.807, 2.05) is 12.1 Å². The Morgan fingerprint density at radius 1 is 1.25 bits per heavy atom. The van der Waals surface area contributed by atoms with Crippen molar-refractivity contribution in [3.05, 3.63) is 34.9 Å². The molecule has 28 heavy (non-hydrogen) atoms. The summed E-state index contributed by atoms with van der Waals surface area (Å²) in [6, 6.07) is 5.92. The van der Waals surface area contributed by atoms with Crippen molar-refractivity contribution in [2.24, 2.45) is 16.0 Å². The van der Waals surface area contributed by atoms with E-state index in [2.05, 4.69) is 33.7 Å². The van der Waals surface area contributed by atoms with Crippen molar-refractivity contribution in [2.75, 3.05) is 39.3 Å². The van der Waals surface area contributed by atoms with Crippen LogP contribution in [0.5, 0.6) is 0 Å². The molecule has 1 atom stereocenters. The molecule has 0 saturated carbocycles. The SMILES string of the molecule is Cc1cccc(C(=O)NCCN2CCCCC2)c1C1=NNCC2CCCN=C12. The largest absolute Gasteiger partial charge is 0.351 e. The minimum atomic E-state index is -0.0167. The van der Waals surface area contributed by atoms with Crippen LogP contribution in [0.3, 0.4) is 0 Å². The molecule has 0 bridgehead atoms. The van der Waals surface area contributed by atoms with Crippen molar-refractivity contribution in [1.29, 1.82) is 0 Å². The number of carbonyl (C=O) groups excluding carboxylic acids is 1. The van der Waals surface area contributed by atoms with Crippen molar-refractivity contribution in [3.8, 4) is 0 Å². The summed E-state index contributed by atoms with van der Waals surface area (Å²) in [6.07, 6.45) is 6.13. The standard InChI is InChI=1S/C22H31N5O/c1-16-7-5-9-18(22(28)24-11-14-27-12-3-2-4-13-27)19(16)21-20-17(15-25-26-21)8-6-10-23-20/h5,7,9,17,25H,2-4,6,8,10-15H2,1H3,(H,24,28). The lowest BCUT2D eigenvalue weighted by Crippen LogP contribution is -2.42. The van der Waals surface area contributed by atoms with Gasteiger partial charge in [0, 0.05) is 43.2 Å². The lowest BCUT2D eigenvalue weighted by atomic mass is 9.85. The predicted octanol–water partition coefficient (Wildman–Crippen LogP) is 2.37. The van der Waals surface area contributed by atoms with Crippen molar-refractivity contribution in [3.63, 3.8) is 0 Å². The number of aliphatic imine (C=N–C) groups is 1. The summed E-state index contributed by atoms with van der Waals surface area (Å²) in [7, 11) is 0. The topological polar surface area (TPSA) is 69.1 Å². The minimum absolute atomic E-state index is 0.0167. The van der Waals surface area contributed by atoms with E-state index in [0.29, 0.717) is 18.0 Å². The second kappa shape index (κ2) is 8.86. The number of rotatable bonds is 5. The van der Waals surface area contributed by atoms with E-state index in [0.717, 1.165) is 68.1 Å². The van der Waals surface area contributed by atoms with Crippen LogP contribution in [0.2, 0.25) is 0 Å². The fraction of sp³-hybridized carbons (Fsp3) is 0.591. The van der Waals surface area contributed by atoms with Crippen LogP contribution in [0.1, 0.15) is 53.6 Å². The molecule has 6 heteroatoms. The summed E-state index contributed by atoms with van der Waals surface area (Å²) in [5, 5.41) is 7.72. The van der Waals surface area contributed by atoms with Crippen LogP contribution in [0, 0.1) is 12.8 Å². The number of benzene rings is 1. The molecule has 3 aliphatic rings. The number of amides is 1. The number of hydrogen-bond acceptors (Lipinski definition) is 5. The number of carbonyl (C=O) groups is 1. The second-order valence-electron chi connectivity index (χ2n) is 8.08. The van der Waals surface area contributed by atoms with Gasteiger partial charge < -0.3 is 15.6 Å². The average Bonchev–Trinajstić information content (AvgIpc) is 2.74. The normalized spacial score (nSPS) is 22.5. The fourth-order valence-electron chi connectivity index (χ4n) is 4.52. The third-order valence-corrected chi connectivity index (χ3v) is 6.07. The summed E-state index contributed by atoms with van der Waals surface area (Å²) < 4.78 is 0. The third-order valence-electron chi connectivity index (χ3n) is 6.07. The van der Waals surface area contributed by atoms with Gasteiger partial charge in [-0.3, -0.25) is 9.79 Å². The van der Waals surface area contributed by atoms with E-state index >= 15 is 0 Å². The zero-order chi connectivity index (χ0) is 19.3. The molecule has 1 fully saturated rings. The van der Waals surface area contributed by atoms with E-state index in [4.69, 9.17) is 4.99 Å². The Balaban J connectivity index is 1.52.